The van der Waals surface area contributed by atoms with Gasteiger partial charge in [0.2, 0.25) is 0 Å². The highest BCUT2D eigenvalue weighted by Crippen LogP contribution is 2.47. The van der Waals surface area contributed by atoms with Gasteiger partial charge in [0.25, 0.3) is 0 Å². The Balaban J connectivity index is 2.52. The topological polar surface area (TPSA) is 29.5 Å². The van der Waals surface area contributed by atoms with Crippen molar-refractivity contribution in [2.24, 2.45) is 5.41 Å². The summed E-state index contributed by atoms with van der Waals surface area (Å²) in [5, 5.41) is 0. The van der Waals surface area contributed by atoms with Crippen LogP contribution in [0.4, 0.5) is 0 Å². The summed E-state index contributed by atoms with van der Waals surface area (Å²) in [5.41, 5.74) is -0.170. The van der Waals surface area contributed by atoms with Crippen LogP contribution in [0, 0.1) is 5.41 Å². The second-order valence-corrected chi connectivity index (χ2v) is 4.66. The summed E-state index contributed by atoms with van der Waals surface area (Å²) in [7, 11) is 0. The fourth-order valence-corrected chi connectivity index (χ4v) is 1.91. The molecule has 0 aromatic rings. The Morgan fingerprint density at radius 1 is 1.40 bits per heavy atom. The lowest BCUT2D eigenvalue weighted by Gasteiger charge is -2.28. The van der Waals surface area contributed by atoms with Gasteiger partial charge in [-0.3, -0.25) is 4.79 Å². The van der Waals surface area contributed by atoms with E-state index < -0.39 is 0 Å². The highest BCUT2D eigenvalue weighted by Gasteiger charge is 2.52. The zero-order chi connectivity index (χ0) is 11.5. The summed E-state index contributed by atoms with van der Waals surface area (Å²) in [5.74, 6) is 0.00380. The Morgan fingerprint density at radius 3 is 2.33 bits per heavy atom. The summed E-state index contributed by atoms with van der Waals surface area (Å²) in [6.45, 7) is 10.7. The molecular weight excluding hydrogens is 190 g/mol. The maximum Gasteiger partial charge on any atom is 0.313 e. The molecule has 0 aromatic heterocycles. The second kappa shape index (κ2) is 4.97. The molecule has 15 heavy (non-hydrogen) atoms. The van der Waals surface area contributed by atoms with Gasteiger partial charge in [-0.15, -0.1) is 0 Å². The van der Waals surface area contributed by atoms with Gasteiger partial charge in [0, 0.05) is 12.6 Å². The second-order valence-electron chi connectivity index (χ2n) is 4.66. The number of hydrogen-bond donors (Lipinski definition) is 0. The number of carbonyl (C=O) groups excluding carboxylic acids is 1. The van der Waals surface area contributed by atoms with Gasteiger partial charge in [0.1, 0.15) is 0 Å². The number of ether oxygens (including phenoxy) is 1. The van der Waals surface area contributed by atoms with E-state index in [2.05, 4.69) is 25.7 Å². The molecule has 0 bridgehead atoms. The zero-order valence-corrected chi connectivity index (χ0v) is 10.4. The van der Waals surface area contributed by atoms with E-state index in [1.165, 1.54) is 0 Å². The van der Waals surface area contributed by atoms with Crippen LogP contribution in [0.3, 0.4) is 0 Å². The van der Waals surface area contributed by atoms with Crippen molar-refractivity contribution >= 4 is 5.97 Å². The number of rotatable bonds is 6. The first-order valence-corrected chi connectivity index (χ1v) is 5.97. The Hall–Kier alpha value is -0.570. The molecule has 3 heteroatoms. The van der Waals surface area contributed by atoms with E-state index in [0.717, 1.165) is 25.9 Å². The number of esters is 1. The molecule has 1 aliphatic carbocycles. The Kier molecular flexibility index (Phi) is 4.14. The van der Waals surface area contributed by atoms with E-state index in [1.54, 1.807) is 0 Å². The van der Waals surface area contributed by atoms with Gasteiger partial charge in [0.05, 0.1) is 12.0 Å². The van der Waals surface area contributed by atoms with E-state index >= 15 is 0 Å². The van der Waals surface area contributed by atoms with E-state index in [-0.39, 0.29) is 11.4 Å². The summed E-state index contributed by atoms with van der Waals surface area (Å²) < 4.78 is 5.13. The Morgan fingerprint density at radius 2 is 2.00 bits per heavy atom. The fraction of sp³-hybridized carbons (Fsp3) is 0.917. The first-order chi connectivity index (χ1) is 7.05. The van der Waals surface area contributed by atoms with E-state index in [0.29, 0.717) is 12.6 Å². The normalized spacial score (nSPS) is 18.3. The van der Waals surface area contributed by atoms with Crippen LogP contribution in [-0.2, 0) is 9.53 Å². The summed E-state index contributed by atoms with van der Waals surface area (Å²) in [4.78, 5) is 14.1. The number of nitrogens with zero attached hydrogens (tertiary/aromatic N) is 1. The molecule has 1 rings (SSSR count). The predicted octanol–water partition coefficient (Wildman–Crippen LogP) is 2.06. The minimum atomic E-state index is -0.170. The van der Waals surface area contributed by atoms with Gasteiger partial charge in [-0.05, 0) is 40.2 Å². The minimum Gasteiger partial charge on any atom is -0.466 e. The standard InChI is InChI=1S/C12H23NO2/c1-5-13(10(3)4)9-12(7-8-12)11(14)15-6-2/h10H,5-9H2,1-4H3. The highest BCUT2D eigenvalue weighted by atomic mass is 16.5. The molecule has 1 fully saturated rings. The SMILES string of the molecule is CCOC(=O)C1(CN(CC)C(C)C)CC1. The van der Waals surface area contributed by atoms with Crippen LogP contribution in [0.25, 0.3) is 0 Å². The largest absolute Gasteiger partial charge is 0.466 e. The molecule has 0 N–H and O–H groups in total. The molecule has 0 aromatic carbocycles. The molecule has 0 heterocycles. The highest BCUT2D eigenvalue weighted by molar-refractivity contribution is 5.80. The van der Waals surface area contributed by atoms with Gasteiger partial charge in [-0.2, -0.15) is 0 Å². The lowest BCUT2D eigenvalue weighted by molar-refractivity contribution is -0.150. The van der Waals surface area contributed by atoms with Gasteiger partial charge < -0.3 is 9.64 Å². The molecule has 3 nitrogen and oxygen atoms in total. The lowest BCUT2D eigenvalue weighted by Crippen LogP contribution is -2.39. The average molecular weight is 213 g/mol. The van der Waals surface area contributed by atoms with Crippen molar-refractivity contribution in [2.45, 2.75) is 46.6 Å². The maximum atomic E-state index is 11.8. The molecule has 1 saturated carbocycles. The smallest absolute Gasteiger partial charge is 0.313 e. The van der Waals surface area contributed by atoms with E-state index in [4.69, 9.17) is 4.74 Å². The van der Waals surface area contributed by atoms with Crippen LogP contribution >= 0.6 is 0 Å². The number of hydrogen-bond acceptors (Lipinski definition) is 3. The monoisotopic (exact) mass is 213 g/mol. The quantitative estimate of drug-likeness (QED) is 0.632. The molecule has 88 valence electrons. The van der Waals surface area contributed by atoms with E-state index in [1.807, 2.05) is 6.92 Å². The summed E-state index contributed by atoms with van der Waals surface area (Å²) in [6.07, 6.45) is 1.99. The Bertz CT molecular complexity index is 222. The van der Waals surface area contributed by atoms with Crippen molar-refractivity contribution in [3.8, 4) is 0 Å². The molecule has 0 saturated heterocycles. The average Bonchev–Trinajstić information content (AvgIpc) is 2.95. The van der Waals surface area contributed by atoms with Gasteiger partial charge in [-0.25, -0.2) is 0 Å². The first kappa shape index (κ1) is 12.5. The molecule has 0 amide bonds. The number of carbonyl (C=O) groups is 1. The fourth-order valence-electron chi connectivity index (χ4n) is 1.91. The van der Waals surface area contributed by atoms with Crippen molar-refractivity contribution in [3.05, 3.63) is 0 Å². The van der Waals surface area contributed by atoms with Crippen molar-refractivity contribution in [1.29, 1.82) is 0 Å². The van der Waals surface area contributed by atoms with Gasteiger partial charge in [0.15, 0.2) is 0 Å². The Labute approximate surface area is 92.8 Å². The third-order valence-corrected chi connectivity index (χ3v) is 3.20. The molecule has 1 aliphatic rings. The first-order valence-electron chi connectivity index (χ1n) is 5.97. The predicted molar refractivity (Wildman–Crippen MR) is 60.7 cm³/mol. The van der Waals surface area contributed by atoms with Crippen LogP contribution in [0.5, 0.6) is 0 Å². The van der Waals surface area contributed by atoms with Crippen molar-refractivity contribution < 1.29 is 9.53 Å². The molecule has 0 spiro atoms. The van der Waals surface area contributed by atoms with Gasteiger partial charge >= 0.3 is 5.97 Å². The summed E-state index contributed by atoms with van der Waals surface area (Å²) in [6, 6.07) is 0.502. The van der Waals surface area contributed by atoms with Crippen LogP contribution in [0.15, 0.2) is 0 Å². The van der Waals surface area contributed by atoms with Crippen molar-refractivity contribution in [3.63, 3.8) is 0 Å². The molecule has 0 aliphatic heterocycles. The maximum absolute atomic E-state index is 11.8. The van der Waals surface area contributed by atoms with E-state index in [9.17, 15) is 4.79 Å². The van der Waals surface area contributed by atoms with Crippen molar-refractivity contribution in [2.75, 3.05) is 19.7 Å². The van der Waals surface area contributed by atoms with Crippen molar-refractivity contribution in [1.82, 2.24) is 4.90 Å². The van der Waals surface area contributed by atoms with Crippen LogP contribution in [0.2, 0.25) is 0 Å². The third-order valence-electron chi connectivity index (χ3n) is 3.20. The van der Waals surface area contributed by atoms with Crippen LogP contribution in [-0.4, -0.2) is 36.6 Å². The molecule has 0 atom stereocenters. The van der Waals surface area contributed by atoms with Crippen LogP contribution in [0.1, 0.15) is 40.5 Å². The summed E-state index contributed by atoms with van der Waals surface area (Å²) >= 11 is 0. The van der Waals surface area contributed by atoms with Crippen LogP contribution < -0.4 is 0 Å². The molecule has 0 radical (unpaired) electrons. The third kappa shape index (κ3) is 2.94. The molecular formula is C12H23NO2. The van der Waals surface area contributed by atoms with Gasteiger partial charge in [-0.1, -0.05) is 6.92 Å². The lowest BCUT2D eigenvalue weighted by atomic mass is 10.1. The molecule has 0 unspecified atom stereocenters. The minimum absolute atomic E-state index is 0.00380. The zero-order valence-electron chi connectivity index (χ0n) is 10.4.